The Morgan fingerprint density at radius 1 is 1.45 bits per heavy atom. The largest absolute Gasteiger partial charge is 0.411 e. The van der Waals surface area contributed by atoms with E-state index in [1.165, 1.54) is 6.21 Å². The monoisotopic (exact) mass is 159 g/mol. The van der Waals surface area contributed by atoms with E-state index in [1.54, 1.807) is 0 Å². The van der Waals surface area contributed by atoms with E-state index in [9.17, 15) is 5.11 Å². The second kappa shape index (κ2) is 6.16. The number of oxime groups is 1. The number of hydrogen-bond donors (Lipinski definition) is 2. The Bertz CT molecular complexity index is 115. The second-order valence-corrected chi connectivity index (χ2v) is 2.69. The molecule has 2 atom stereocenters. The normalized spacial score (nSPS) is 17.0. The fourth-order valence-electron chi connectivity index (χ4n) is 1.07. The summed E-state index contributed by atoms with van der Waals surface area (Å²) in [5, 5.41) is 20.6. The first kappa shape index (κ1) is 10.4. The zero-order valence-electron chi connectivity index (χ0n) is 7.20. The van der Waals surface area contributed by atoms with Crippen LogP contribution >= 0.6 is 0 Å². The van der Waals surface area contributed by atoms with Gasteiger partial charge in [-0.05, 0) is 12.8 Å². The first-order chi connectivity index (χ1) is 5.26. The Balaban J connectivity index is 3.80. The lowest BCUT2D eigenvalue weighted by molar-refractivity contribution is 0.126. The summed E-state index contributed by atoms with van der Waals surface area (Å²) in [5.41, 5.74) is 0. The molecule has 2 unspecified atom stereocenters. The molecule has 0 saturated heterocycles. The summed E-state index contributed by atoms with van der Waals surface area (Å²) >= 11 is 0. The molecule has 0 fully saturated rings. The van der Waals surface area contributed by atoms with Gasteiger partial charge in [0.05, 0.1) is 6.10 Å². The van der Waals surface area contributed by atoms with E-state index in [4.69, 9.17) is 5.21 Å². The van der Waals surface area contributed by atoms with Crippen LogP contribution in [0.2, 0.25) is 0 Å². The Hall–Kier alpha value is -0.570. The zero-order valence-corrected chi connectivity index (χ0v) is 7.20. The van der Waals surface area contributed by atoms with Crippen LogP contribution in [0.15, 0.2) is 5.16 Å². The van der Waals surface area contributed by atoms with Gasteiger partial charge in [0.1, 0.15) is 0 Å². The molecule has 0 aliphatic heterocycles. The minimum absolute atomic E-state index is 0.0000463. The van der Waals surface area contributed by atoms with Crippen LogP contribution in [0.5, 0.6) is 0 Å². The zero-order chi connectivity index (χ0) is 8.69. The van der Waals surface area contributed by atoms with E-state index in [2.05, 4.69) is 5.16 Å². The van der Waals surface area contributed by atoms with Crippen molar-refractivity contribution in [2.24, 2.45) is 11.1 Å². The van der Waals surface area contributed by atoms with Crippen LogP contribution in [0.1, 0.15) is 33.1 Å². The van der Waals surface area contributed by atoms with Gasteiger partial charge in [-0.2, -0.15) is 0 Å². The van der Waals surface area contributed by atoms with Gasteiger partial charge in [-0.1, -0.05) is 20.3 Å². The lowest BCUT2D eigenvalue weighted by Gasteiger charge is -2.15. The molecule has 11 heavy (non-hydrogen) atoms. The highest BCUT2D eigenvalue weighted by molar-refractivity contribution is 5.60. The summed E-state index contributed by atoms with van der Waals surface area (Å²) in [7, 11) is 0. The van der Waals surface area contributed by atoms with Crippen molar-refractivity contribution >= 4 is 6.21 Å². The van der Waals surface area contributed by atoms with Crippen molar-refractivity contribution in [2.75, 3.05) is 0 Å². The molecule has 0 aromatic heterocycles. The topological polar surface area (TPSA) is 52.8 Å². The van der Waals surface area contributed by atoms with Crippen LogP contribution in [0.3, 0.4) is 0 Å². The molecule has 3 heteroatoms. The first-order valence-corrected chi connectivity index (χ1v) is 4.11. The Morgan fingerprint density at radius 2 is 2.09 bits per heavy atom. The van der Waals surface area contributed by atoms with E-state index >= 15 is 0 Å². The van der Waals surface area contributed by atoms with Crippen molar-refractivity contribution in [2.45, 2.75) is 39.2 Å². The highest BCUT2D eigenvalue weighted by Gasteiger charge is 2.13. The number of aliphatic hydroxyl groups excluding tert-OH is 1. The predicted octanol–water partition coefficient (Wildman–Crippen LogP) is 1.63. The third kappa shape index (κ3) is 3.98. The fraction of sp³-hybridized carbons (Fsp3) is 0.875. The Labute approximate surface area is 67.7 Å². The smallest absolute Gasteiger partial charge is 0.0618 e. The lowest BCUT2D eigenvalue weighted by Crippen LogP contribution is -2.20. The van der Waals surface area contributed by atoms with Gasteiger partial charge in [0.15, 0.2) is 0 Å². The molecule has 0 bridgehead atoms. The van der Waals surface area contributed by atoms with E-state index < -0.39 is 0 Å². The van der Waals surface area contributed by atoms with Crippen molar-refractivity contribution in [3.8, 4) is 0 Å². The average molecular weight is 159 g/mol. The summed E-state index contributed by atoms with van der Waals surface area (Å²) in [4.78, 5) is 0. The maximum Gasteiger partial charge on any atom is 0.0618 e. The van der Waals surface area contributed by atoms with Crippen molar-refractivity contribution in [3.05, 3.63) is 0 Å². The summed E-state index contributed by atoms with van der Waals surface area (Å²) in [6.45, 7) is 3.98. The van der Waals surface area contributed by atoms with E-state index in [0.29, 0.717) is 0 Å². The van der Waals surface area contributed by atoms with Gasteiger partial charge in [-0.3, -0.25) is 0 Å². The van der Waals surface area contributed by atoms with Crippen molar-refractivity contribution < 1.29 is 10.3 Å². The van der Waals surface area contributed by atoms with Gasteiger partial charge >= 0.3 is 0 Å². The number of rotatable bonds is 5. The van der Waals surface area contributed by atoms with Crippen LogP contribution < -0.4 is 0 Å². The summed E-state index contributed by atoms with van der Waals surface area (Å²) in [5.74, 6) is -0.0000463. The molecule has 0 saturated carbocycles. The van der Waals surface area contributed by atoms with Gasteiger partial charge in [-0.25, -0.2) is 0 Å². The van der Waals surface area contributed by atoms with Gasteiger partial charge in [0, 0.05) is 12.1 Å². The molecule has 0 aromatic carbocycles. The van der Waals surface area contributed by atoms with Crippen LogP contribution in [0.25, 0.3) is 0 Å². The minimum atomic E-state index is -0.360. The second-order valence-electron chi connectivity index (χ2n) is 2.69. The quantitative estimate of drug-likeness (QED) is 0.364. The maximum atomic E-state index is 9.44. The SMILES string of the molecule is CCCC(O)C(C=NO)CC. The Morgan fingerprint density at radius 3 is 2.45 bits per heavy atom. The molecule has 0 aromatic rings. The molecule has 66 valence electrons. The van der Waals surface area contributed by atoms with Crippen molar-refractivity contribution in [3.63, 3.8) is 0 Å². The molecule has 0 amide bonds. The fourth-order valence-corrected chi connectivity index (χ4v) is 1.07. The van der Waals surface area contributed by atoms with Gasteiger partial charge in [0.25, 0.3) is 0 Å². The molecule has 0 heterocycles. The van der Waals surface area contributed by atoms with Crippen LogP contribution in [-0.4, -0.2) is 22.6 Å². The molecule has 3 nitrogen and oxygen atoms in total. The lowest BCUT2D eigenvalue weighted by atomic mass is 9.97. The summed E-state index contributed by atoms with van der Waals surface area (Å²) < 4.78 is 0. The van der Waals surface area contributed by atoms with Crippen molar-refractivity contribution in [1.82, 2.24) is 0 Å². The molecule has 0 spiro atoms. The first-order valence-electron chi connectivity index (χ1n) is 4.11. The van der Waals surface area contributed by atoms with Gasteiger partial charge in [-0.15, -0.1) is 5.16 Å². The molecule has 0 aliphatic rings. The van der Waals surface area contributed by atoms with Crippen LogP contribution in [0.4, 0.5) is 0 Å². The van der Waals surface area contributed by atoms with E-state index in [0.717, 1.165) is 19.3 Å². The van der Waals surface area contributed by atoms with Crippen LogP contribution in [0, 0.1) is 5.92 Å². The molecule has 0 rings (SSSR count). The van der Waals surface area contributed by atoms with E-state index in [1.807, 2.05) is 13.8 Å². The predicted molar refractivity (Wildman–Crippen MR) is 45.0 cm³/mol. The molecular weight excluding hydrogens is 142 g/mol. The molecular formula is C8H17NO2. The Kier molecular flexibility index (Phi) is 5.84. The highest BCUT2D eigenvalue weighted by Crippen LogP contribution is 2.10. The number of hydrogen-bond acceptors (Lipinski definition) is 3. The van der Waals surface area contributed by atoms with Crippen LogP contribution in [-0.2, 0) is 0 Å². The maximum absolute atomic E-state index is 9.44. The minimum Gasteiger partial charge on any atom is -0.411 e. The number of nitrogens with zero attached hydrogens (tertiary/aromatic N) is 1. The van der Waals surface area contributed by atoms with Gasteiger partial charge < -0.3 is 10.3 Å². The third-order valence-corrected chi connectivity index (χ3v) is 1.81. The average Bonchev–Trinajstić information content (AvgIpc) is 2.00. The third-order valence-electron chi connectivity index (χ3n) is 1.81. The molecule has 2 N–H and O–H groups in total. The number of aliphatic hydroxyl groups is 1. The summed E-state index contributed by atoms with van der Waals surface area (Å²) in [6, 6.07) is 0. The van der Waals surface area contributed by atoms with E-state index in [-0.39, 0.29) is 12.0 Å². The van der Waals surface area contributed by atoms with Gasteiger partial charge in [0.2, 0.25) is 0 Å². The van der Waals surface area contributed by atoms with Crippen molar-refractivity contribution in [1.29, 1.82) is 0 Å². The highest BCUT2D eigenvalue weighted by atomic mass is 16.4. The molecule has 0 radical (unpaired) electrons. The standard InChI is InChI=1S/C8H17NO2/c1-3-5-8(10)7(4-2)6-9-11/h6-8,10-11H,3-5H2,1-2H3. The molecule has 0 aliphatic carbocycles. The summed E-state index contributed by atoms with van der Waals surface area (Å²) in [6.07, 6.45) is 3.58.